The summed E-state index contributed by atoms with van der Waals surface area (Å²) in [7, 11) is 4.11. The van der Waals surface area contributed by atoms with Crippen LogP contribution in [-0.4, -0.2) is 43.0 Å². The fraction of sp³-hybridized carbons (Fsp3) is 0.348. The van der Waals surface area contributed by atoms with Crippen molar-refractivity contribution < 1.29 is 4.79 Å². The molecule has 0 fully saturated rings. The number of nitrogens with one attached hydrogen (secondary N) is 2. The van der Waals surface area contributed by atoms with E-state index in [0.29, 0.717) is 43.8 Å². The Hall–Kier alpha value is -1.08. The van der Waals surface area contributed by atoms with Crippen molar-refractivity contribution in [2.24, 2.45) is 5.92 Å². The molecule has 1 unspecified atom stereocenters. The standard InChI is InChI=1S/C23H25Cl4N3OS/c1-4-13(7-8-30(2)3)12-28-23(31)18-10-15-20(11-17(26)21(27)22(15)29-18)32-19-6-5-14(24)9-16(19)25/h5-6,9-11,13,29H,4,7-8,12H2,1-3H3,(H,28,31). The molecular formula is C23H25Cl4N3OS. The van der Waals surface area contributed by atoms with E-state index in [1.165, 1.54) is 11.8 Å². The Morgan fingerprint density at radius 1 is 1.09 bits per heavy atom. The molecule has 0 aliphatic carbocycles. The maximum absolute atomic E-state index is 12.9. The van der Waals surface area contributed by atoms with Crippen molar-refractivity contribution in [1.29, 1.82) is 0 Å². The zero-order valence-electron chi connectivity index (χ0n) is 18.1. The third-order valence-corrected chi connectivity index (χ3v) is 7.82. The van der Waals surface area contributed by atoms with Crippen molar-refractivity contribution in [3.63, 3.8) is 0 Å². The summed E-state index contributed by atoms with van der Waals surface area (Å²) in [5, 5.41) is 5.73. The van der Waals surface area contributed by atoms with Crippen molar-refractivity contribution in [2.75, 3.05) is 27.2 Å². The minimum absolute atomic E-state index is 0.169. The molecule has 0 aliphatic heterocycles. The minimum Gasteiger partial charge on any atom is -0.350 e. The van der Waals surface area contributed by atoms with Gasteiger partial charge in [-0.2, -0.15) is 0 Å². The zero-order chi connectivity index (χ0) is 23.4. The second kappa shape index (κ2) is 11.4. The van der Waals surface area contributed by atoms with E-state index in [-0.39, 0.29) is 5.91 Å². The Morgan fingerprint density at radius 3 is 2.50 bits per heavy atom. The molecule has 0 spiro atoms. The largest absolute Gasteiger partial charge is 0.350 e. The SMILES string of the molecule is CCC(CCN(C)C)CNC(=O)c1cc2c(Sc3ccc(Cl)cc3Cl)cc(Cl)c(Cl)c2[nH]1. The first-order valence-corrected chi connectivity index (χ1v) is 12.6. The van der Waals surface area contributed by atoms with Gasteiger partial charge in [0.1, 0.15) is 5.69 Å². The Morgan fingerprint density at radius 2 is 1.84 bits per heavy atom. The summed E-state index contributed by atoms with van der Waals surface area (Å²) in [5.41, 5.74) is 1.06. The molecule has 172 valence electrons. The summed E-state index contributed by atoms with van der Waals surface area (Å²) in [6.07, 6.45) is 2.03. The molecule has 1 heterocycles. The predicted molar refractivity (Wildman–Crippen MR) is 138 cm³/mol. The number of hydrogen-bond donors (Lipinski definition) is 2. The quantitative estimate of drug-likeness (QED) is 0.297. The molecule has 3 rings (SSSR count). The van der Waals surface area contributed by atoms with Gasteiger partial charge in [-0.1, -0.05) is 71.5 Å². The van der Waals surface area contributed by atoms with Gasteiger partial charge < -0.3 is 15.2 Å². The van der Waals surface area contributed by atoms with Gasteiger partial charge in [0.25, 0.3) is 5.91 Å². The van der Waals surface area contributed by atoms with Gasteiger partial charge in [0.05, 0.1) is 20.6 Å². The minimum atomic E-state index is -0.169. The third-order valence-electron chi connectivity index (χ3n) is 5.24. The van der Waals surface area contributed by atoms with Crippen LogP contribution in [0.25, 0.3) is 10.9 Å². The molecule has 3 aromatic rings. The summed E-state index contributed by atoms with van der Waals surface area (Å²) in [6.45, 7) is 3.75. The van der Waals surface area contributed by atoms with Crippen LogP contribution in [0.4, 0.5) is 0 Å². The highest BCUT2D eigenvalue weighted by Crippen LogP contribution is 2.42. The monoisotopic (exact) mass is 531 g/mol. The van der Waals surface area contributed by atoms with Crippen molar-refractivity contribution >= 4 is 75.0 Å². The number of carbonyl (C=O) groups is 1. The number of aromatic amines is 1. The van der Waals surface area contributed by atoms with Gasteiger partial charge in [-0.3, -0.25) is 4.79 Å². The normalized spacial score (nSPS) is 12.5. The number of rotatable bonds is 9. The number of nitrogens with zero attached hydrogens (tertiary/aromatic N) is 1. The highest BCUT2D eigenvalue weighted by molar-refractivity contribution is 7.99. The molecule has 0 bridgehead atoms. The molecule has 2 aromatic carbocycles. The molecular weight excluding hydrogens is 508 g/mol. The second-order valence-electron chi connectivity index (χ2n) is 7.90. The third kappa shape index (κ3) is 6.28. The molecule has 4 nitrogen and oxygen atoms in total. The number of aromatic nitrogens is 1. The number of H-pyrrole nitrogens is 1. The number of halogens is 4. The van der Waals surface area contributed by atoms with E-state index in [1.807, 2.05) is 6.07 Å². The number of fused-ring (bicyclic) bond motifs is 1. The molecule has 1 atom stereocenters. The smallest absolute Gasteiger partial charge is 0.267 e. The molecule has 1 aromatic heterocycles. The van der Waals surface area contributed by atoms with Crippen LogP contribution in [0.15, 0.2) is 40.1 Å². The molecule has 0 radical (unpaired) electrons. The average Bonchev–Trinajstić information content (AvgIpc) is 3.19. The van der Waals surface area contributed by atoms with Crippen molar-refractivity contribution in [1.82, 2.24) is 15.2 Å². The topological polar surface area (TPSA) is 48.1 Å². The first-order valence-electron chi connectivity index (χ1n) is 10.3. The fourth-order valence-corrected chi connectivity index (χ4v) is 5.28. The zero-order valence-corrected chi connectivity index (χ0v) is 21.9. The van der Waals surface area contributed by atoms with Crippen LogP contribution in [0.3, 0.4) is 0 Å². The lowest BCUT2D eigenvalue weighted by molar-refractivity contribution is 0.0941. The van der Waals surface area contributed by atoms with Gasteiger partial charge in [0.2, 0.25) is 0 Å². The van der Waals surface area contributed by atoms with Crippen LogP contribution in [0.1, 0.15) is 30.3 Å². The number of carbonyl (C=O) groups excluding carboxylic acids is 1. The average molecular weight is 533 g/mol. The van der Waals surface area contributed by atoms with E-state index >= 15 is 0 Å². The lowest BCUT2D eigenvalue weighted by Crippen LogP contribution is -2.30. The summed E-state index contributed by atoms with van der Waals surface area (Å²) in [4.78, 5) is 19.8. The Labute approximate surface area is 212 Å². The molecule has 9 heteroatoms. The van der Waals surface area contributed by atoms with Crippen LogP contribution in [-0.2, 0) is 0 Å². The van der Waals surface area contributed by atoms with Crippen LogP contribution in [0.2, 0.25) is 20.1 Å². The van der Waals surface area contributed by atoms with Crippen LogP contribution < -0.4 is 5.32 Å². The van der Waals surface area contributed by atoms with E-state index in [2.05, 4.69) is 36.2 Å². The first kappa shape index (κ1) is 25.5. The van der Waals surface area contributed by atoms with Crippen LogP contribution in [0, 0.1) is 5.92 Å². The molecule has 0 saturated heterocycles. The van der Waals surface area contributed by atoms with E-state index < -0.39 is 0 Å². The van der Waals surface area contributed by atoms with Gasteiger partial charge in [-0.15, -0.1) is 0 Å². The van der Waals surface area contributed by atoms with Crippen LogP contribution >= 0.6 is 58.2 Å². The van der Waals surface area contributed by atoms with E-state index in [1.54, 1.807) is 24.3 Å². The lowest BCUT2D eigenvalue weighted by Gasteiger charge is -2.18. The Kier molecular flexibility index (Phi) is 9.07. The van der Waals surface area contributed by atoms with Crippen molar-refractivity contribution in [3.05, 3.63) is 56.1 Å². The highest BCUT2D eigenvalue weighted by atomic mass is 35.5. The van der Waals surface area contributed by atoms with Crippen molar-refractivity contribution in [2.45, 2.75) is 29.6 Å². The summed E-state index contributed by atoms with van der Waals surface area (Å²) >= 11 is 26.6. The van der Waals surface area contributed by atoms with Crippen LogP contribution in [0.5, 0.6) is 0 Å². The van der Waals surface area contributed by atoms with Gasteiger partial charge in [0.15, 0.2) is 0 Å². The second-order valence-corrected chi connectivity index (χ2v) is 10.6. The predicted octanol–water partition coefficient (Wildman–Crippen LogP) is 7.64. The molecule has 32 heavy (non-hydrogen) atoms. The highest BCUT2D eigenvalue weighted by Gasteiger charge is 2.18. The number of amides is 1. The molecule has 1 amide bonds. The van der Waals surface area contributed by atoms with Gasteiger partial charge in [-0.05, 0) is 63.3 Å². The molecule has 0 aliphatic rings. The summed E-state index contributed by atoms with van der Waals surface area (Å²) in [6, 6.07) is 8.91. The maximum Gasteiger partial charge on any atom is 0.267 e. The van der Waals surface area contributed by atoms with E-state index in [4.69, 9.17) is 46.4 Å². The van der Waals surface area contributed by atoms with E-state index in [0.717, 1.165) is 34.6 Å². The van der Waals surface area contributed by atoms with Gasteiger partial charge in [-0.25, -0.2) is 0 Å². The fourth-order valence-electron chi connectivity index (χ4n) is 3.30. The Balaban J connectivity index is 1.84. The van der Waals surface area contributed by atoms with E-state index in [9.17, 15) is 4.79 Å². The summed E-state index contributed by atoms with van der Waals surface area (Å²) in [5.74, 6) is 0.249. The Bertz CT molecular complexity index is 1120. The molecule has 2 N–H and O–H groups in total. The number of hydrogen-bond acceptors (Lipinski definition) is 3. The number of benzene rings is 2. The molecule has 0 saturated carbocycles. The van der Waals surface area contributed by atoms with Gasteiger partial charge in [0, 0.05) is 26.7 Å². The summed E-state index contributed by atoms with van der Waals surface area (Å²) < 4.78 is 0. The maximum atomic E-state index is 12.9. The van der Waals surface area contributed by atoms with Gasteiger partial charge >= 0.3 is 0 Å². The van der Waals surface area contributed by atoms with Crippen molar-refractivity contribution in [3.8, 4) is 0 Å². The first-order chi connectivity index (χ1) is 15.2. The lowest BCUT2D eigenvalue weighted by atomic mass is 10.0.